The van der Waals surface area contributed by atoms with Crippen molar-refractivity contribution in [2.24, 2.45) is 0 Å². The van der Waals surface area contributed by atoms with E-state index in [1.165, 1.54) is 18.2 Å². The van der Waals surface area contributed by atoms with E-state index in [1.54, 1.807) is 0 Å². The molecular weight excluding hydrogens is 128 g/mol. The molecule has 2 nitrogen and oxygen atoms in total. The van der Waals surface area contributed by atoms with E-state index in [9.17, 15) is 0 Å². The maximum atomic E-state index is 8.98. The first kappa shape index (κ1) is 6.50. The normalized spacial score (nSPS) is 8.70. The lowest BCUT2D eigenvalue weighted by Crippen LogP contribution is -1.74. The van der Waals surface area contributed by atoms with E-state index in [1.807, 2.05) is 0 Å². The van der Waals surface area contributed by atoms with Gasteiger partial charge in [0.15, 0.2) is 0 Å². The van der Waals surface area contributed by atoms with Gasteiger partial charge in [-0.05, 0) is 18.2 Å². The van der Waals surface area contributed by atoms with Crippen molar-refractivity contribution in [3.63, 3.8) is 0 Å². The molecule has 0 aliphatic heterocycles. The highest BCUT2D eigenvalue weighted by Gasteiger charge is 1.96. The van der Waals surface area contributed by atoms with Crippen molar-refractivity contribution in [3.05, 3.63) is 23.8 Å². The molecule has 0 aliphatic carbocycles. The number of hydrogen-bond donors (Lipinski definition) is 2. The van der Waals surface area contributed by atoms with Crippen molar-refractivity contribution >= 4 is 0 Å². The predicted molar refractivity (Wildman–Crippen MR) is 37.7 cm³/mol. The van der Waals surface area contributed by atoms with Gasteiger partial charge < -0.3 is 10.2 Å². The van der Waals surface area contributed by atoms with Crippen molar-refractivity contribution in [3.8, 4) is 23.8 Å². The molecule has 0 saturated heterocycles. The van der Waals surface area contributed by atoms with Crippen LogP contribution in [0.4, 0.5) is 0 Å². The molecule has 0 spiro atoms. The maximum Gasteiger partial charge on any atom is 0.131 e. The molecule has 0 bridgehead atoms. The van der Waals surface area contributed by atoms with Crippen LogP contribution in [0.25, 0.3) is 0 Å². The highest BCUT2D eigenvalue weighted by atomic mass is 16.3. The van der Waals surface area contributed by atoms with Crippen LogP contribution in [-0.4, -0.2) is 10.2 Å². The summed E-state index contributed by atoms with van der Waals surface area (Å²) >= 11 is 0. The molecule has 1 aromatic rings. The molecule has 1 aromatic carbocycles. The molecule has 1 rings (SSSR count). The highest BCUT2D eigenvalue weighted by molar-refractivity contribution is 5.47. The summed E-state index contributed by atoms with van der Waals surface area (Å²) < 4.78 is 0. The second-order valence-electron chi connectivity index (χ2n) is 1.85. The van der Waals surface area contributed by atoms with Crippen LogP contribution in [0, 0.1) is 12.3 Å². The Morgan fingerprint density at radius 1 is 1.30 bits per heavy atom. The summed E-state index contributed by atoms with van der Waals surface area (Å²) in [4.78, 5) is 0. The lowest BCUT2D eigenvalue weighted by molar-refractivity contribution is 0.459. The molecule has 2 heteroatoms. The number of phenolic OH excluding ortho intramolecular Hbond substituents is 2. The van der Waals surface area contributed by atoms with Crippen molar-refractivity contribution < 1.29 is 10.2 Å². The van der Waals surface area contributed by atoms with E-state index >= 15 is 0 Å². The Morgan fingerprint density at radius 3 is 2.50 bits per heavy atom. The SMILES string of the molecule is C#Cc1cc(O)ccc1O. The van der Waals surface area contributed by atoms with Crippen molar-refractivity contribution in [1.82, 2.24) is 0 Å². The summed E-state index contributed by atoms with van der Waals surface area (Å²) in [5.74, 6) is 2.30. The van der Waals surface area contributed by atoms with Gasteiger partial charge in [-0.3, -0.25) is 0 Å². The van der Waals surface area contributed by atoms with Crippen LogP contribution in [0.2, 0.25) is 0 Å². The number of aromatic hydroxyl groups is 2. The van der Waals surface area contributed by atoms with E-state index in [0.29, 0.717) is 5.56 Å². The van der Waals surface area contributed by atoms with Gasteiger partial charge in [-0.25, -0.2) is 0 Å². The Hall–Kier alpha value is -1.62. The standard InChI is InChI=1S/C8H6O2/c1-2-6-5-7(9)3-4-8(6)10/h1,3-5,9-10H. The van der Waals surface area contributed by atoms with Gasteiger partial charge in [-0.15, -0.1) is 6.42 Å². The number of phenols is 2. The van der Waals surface area contributed by atoms with E-state index in [-0.39, 0.29) is 11.5 Å². The lowest BCUT2D eigenvalue weighted by atomic mass is 10.2. The molecule has 0 radical (unpaired) electrons. The third-order valence-electron chi connectivity index (χ3n) is 1.14. The van der Waals surface area contributed by atoms with E-state index in [0.717, 1.165) is 0 Å². The summed E-state index contributed by atoms with van der Waals surface area (Å²) in [7, 11) is 0. The minimum atomic E-state index is 0.0142. The van der Waals surface area contributed by atoms with Crippen LogP contribution in [0.15, 0.2) is 18.2 Å². The van der Waals surface area contributed by atoms with Crippen LogP contribution in [-0.2, 0) is 0 Å². The quantitative estimate of drug-likeness (QED) is 0.411. The molecule has 0 amide bonds. The van der Waals surface area contributed by atoms with Crippen LogP contribution >= 0.6 is 0 Å². The topological polar surface area (TPSA) is 40.5 Å². The number of rotatable bonds is 0. The Balaban J connectivity index is 3.25. The highest BCUT2D eigenvalue weighted by Crippen LogP contribution is 2.20. The Kier molecular flexibility index (Phi) is 1.51. The molecule has 50 valence electrons. The predicted octanol–water partition coefficient (Wildman–Crippen LogP) is 1.08. The fraction of sp³-hybridized carbons (Fsp3) is 0. The van der Waals surface area contributed by atoms with E-state index < -0.39 is 0 Å². The van der Waals surface area contributed by atoms with Crippen LogP contribution < -0.4 is 0 Å². The molecule has 0 saturated carbocycles. The van der Waals surface area contributed by atoms with Crippen LogP contribution in [0.5, 0.6) is 11.5 Å². The van der Waals surface area contributed by atoms with Crippen LogP contribution in [0.3, 0.4) is 0 Å². The van der Waals surface area contributed by atoms with E-state index in [4.69, 9.17) is 16.6 Å². The lowest BCUT2D eigenvalue weighted by Gasteiger charge is -1.95. The molecule has 0 aromatic heterocycles. The fourth-order valence-electron chi connectivity index (χ4n) is 0.640. The monoisotopic (exact) mass is 134 g/mol. The average molecular weight is 134 g/mol. The van der Waals surface area contributed by atoms with Crippen molar-refractivity contribution in [2.75, 3.05) is 0 Å². The Labute approximate surface area is 58.7 Å². The zero-order chi connectivity index (χ0) is 7.56. The zero-order valence-corrected chi connectivity index (χ0v) is 5.20. The summed E-state index contributed by atoms with van der Waals surface area (Å²) in [6, 6.07) is 4.05. The van der Waals surface area contributed by atoms with Gasteiger partial charge in [-0.2, -0.15) is 0 Å². The van der Waals surface area contributed by atoms with Gasteiger partial charge in [-0.1, -0.05) is 5.92 Å². The zero-order valence-electron chi connectivity index (χ0n) is 5.20. The first-order valence-corrected chi connectivity index (χ1v) is 2.72. The summed E-state index contributed by atoms with van der Waals surface area (Å²) in [5.41, 5.74) is 0.306. The first-order valence-electron chi connectivity index (χ1n) is 2.72. The second-order valence-corrected chi connectivity index (χ2v) is 1.85. The van der Waals surface area contributed by atoms with Crippen molar-refractivity contribution in [2.45, 2.75) is 0 Å². The Bertz CT molecular complexity index is 284. The van der Waals surface area contributed by atoms with Crippen LogP contribution in [0.1, 0.15) is 5.56 Å². The summed E-state index contributed by atoms with van der Waals surface area (Å²) in [6.07, 6.45) is 5.00. The molecule has 2 N–H and O–H groups in total. The molecule has 0 atom stereocenters. The van der Waals surface area contributed by atoms with E-state index in [2.05, 4.69) is 5.92 Å². The Morgan fingerprint density at radius 2 is 2.00 bits per heavy atom. The maximum absolute atomic E-state index is 8.98. The van der Waals surface area contributed by atoms with Gasteiger partial charge in [0.25, 0.3) is 0 Å². The first-order chi connectivity index (χ1) is 4.74. The number of hydrogen-bond acceptors (Lipinski definition) is 2. The molecule has 0 aliphatic rings. The summed E-state index contributed by atoms with van der Waals surface area (Å²) in [6.45, 7) is 0. The second kappa shape index (κ2) is 2.32. The van der Waals surface area contributed by atoms with Crippen molar-refractivity contribution in [1.29, 1.82) is 0 Å². The van der Waals surface area contributed by atoms with Gasteiger partial charge in [0.1, 0.15) is 11.5 Å². The molecule has 10 heavy (non-hydrogen) atoms. The number of benzene rings is 1. The third kappa shape index (κ3) is 1.03. The molecular formula is C8H6O2. The van der Waals surface area contributed by atoms with Gasteiger partial charge in [0.2, 0.25) is 0 Å². The minimum Gasteiger partial charge on any atom is -0.508 e. The third-order valence-corrected chi connectivity index (χ3v) is 1.14. The van der Waals surface area contributed by atoms with Gasteiger partial charge >= 0.3 is 0 Å². The molecule has 0 fully saturated rings. The number of terminal acetylenes is 1. The minimum absolute atomic E-state index is 0.0142. The average Bonchev–Trinajstić information content (AvgIpc) is 1.94. The molecule has 0 unspecified atom stereocenters. The molecule has 0 heterocycles. The smallest absolute Gasteiger partial charge is 0.131 e. The van der Waals surface area contributed by atoms with Gasteiger partial charge in [0, 0.05) is 0 Å². The fourth-order valence-corrected chi connectivity index (χ4v) is 0.640. The largest absolute Gasteiger partial charge is 0.508 e. The van der Waals surface area contributed by atoms with Gasteiger partial charge in [0.05, 0.1) is 5.56 Å². The summed E-state index contributed by atoms with van der Waals surface area (Å²) in [5, 5.41) is 17.8.